The van der Waals surface area contributed by atoms with E-state index in [4.69, 9.17) is 4.74 Å². The molecule has 2 rings (SSSR count). The molecule has 0 aromatic heterocycles. The van der Waals surface area contributed by atoms with E-state index in [1.165, 1.54) is 0 Å². The molecule has 1 N–H and O–H groups in total. The van der Waals surface area contributed by atoms with Crippen molar-refractivity contribution >= 4 is 5.78 Å². The molecule has 0 radical (unpaired) electrons. The SMILES string of the molecule is CC(C)(C)C(=O)C(CO)Oc1ccc(-c2ccccc2)cc1. The number of benzene rings is 2. The lowest BCUT2D eigenvalue weighted by atomic mass is 9.88. The molecule has 0 fully saturated rings. The molecule has 1 unspecified atom stereocenters. The molecule has 116 valence electrons. The molecule has 0 aliphatic heterocycles. The zero-order chi connectivity index (χ0) is 16.2. The minimum Gasteiger partial charge on any atom is -0.480 e. The van der Waals surface area contributed by atoms with E-state index in [1.807, 2.05) is 75.4 Å². The van der Waals surface area contributed by atoms with E-state index >= 15 is 0 Å². The second-order valence-electron chi connectivity index (χ2n) is 6.29. The van der Waals surface area contributed by atoms with Crippen molar-refractivity contribution in [3.05, 3.63) is 54.6 Å². The average Bonchev–Trinajstić information content (AvgIpc) is 2.52. The van der Waals surface area contributed by atoms with Crippen LogP contribution >= 0.6 is 0 Å². The van der Waals surface area contributed by atoms with Gasteiger partial charge in [-0.1, -0.05) is 63.2 Å². The Morgan fingerprint density at radius 2 is 1.55 bits per heavy atom. The lowest BCUT2D eigenvalue weighted by Gasteiger charge is -2.24. The predicted molar refractivity (Wildman–Crippen MR) is 87.8 cm³/mol. The van der Waals surface area contributed by atoms with Gasteiger partial charge in [-0.15, -0.1) is 0 Å². The summed E-state index contributed by atoms with van der Waals surface area (Å²) in [5, 5.41) is 9.41. The Hall–Kier alpha value is -2.13. The summed E-state index contributed by atoms with van der Waals surface area (Å²) in [7, 11) is 0. The zero-order valence-electron chi connectivity index (χ0n) is 13.2. The molecule has 1 atom stereocenters. The quantitative estimate of drug-likeness (QED) is 0.915. The fourth-order valence-electron chi connectivity index (χ4n) is 2.18. The van der Waals surface area contributed by atoms with Crippen LogP contribution < -0.4 is 4.74 Å². The Morgan fingerprint density at radius 3 is 2.05 bits per heavy atom. The van der Waals surface area contributed by atoms with Crippen LogP contribution in [0.1, 0.15) is 20.8 Å². The number of hydrogen-bond acceptors (Lipinski definition) is 3. The minimum absolute atomic E-state index is 0.109. The zero-order valence-corrected chi connectivity index (χ0v) is 13.2. The number of ketones is 1. The van der Waals surface area contributed by atoms with E-state index in [0.717, 1.165) is 11.1 Å². The number of hydrogen-bond donors (Lipinski definition) is 1. The molecule has 0 aliphatic rings. The normalized spacial score (nSPS) is 12.7. The van der Waals surface area contributed by atoms with Crippen LogP contribution in [0.3, 0.4) is 0 Å². The largest absolute Gasteiger partial charge is 0.480 e. The van der Waals surface area contributed by atoms with Crippen LogP contribution in [0.4, 0.5) is 0 Å². The second-order valence-corrected chi connectivity index (χ2v) is 6.29. The molecule has 0 heterocycles. The molecule has 0 saturated carbocycles. The van der Waals surface area contributed by atoms with E-state index in [2.05, 4.69) is 0 Å². The van der Waals surface area contributed by atoms with Crippen molar-refractivity contribution < 1.29 is 14.6 Å². The third kappa shape index (κ3) is 3.95. The molecule has 0 amide bonds. The Balaban J connectivity index is 2.12. The van der Waals surface area contributed by atoms with Crippen molar-refractivity contribution in [2.24, 2.45) is 5.41 Å². The molecule has 2 aromatic rings. The smallest absolute Gasteiger partial charge is 0.180 e. The molecular formula is C19H22O3. The summed E-state index contributed by atoms with van der Waals surface area (Å²) in [5.41, 5.74) is 1.66. The molecule has 0 spiro atoms. The van der Waals surface area contributed by atoms with Gasteiger partial charge in [-0.25, -0.2) is 0 Å². The number of Topliss-reactive ketones (excluding diaryl/α,β-unsaturated/α-hetero) is 1. The molecule has 0 bridgehead atoms. The van der Waals surface area contributed by atoms with E-state index in [9.17, 15) is 9.90 Å². The maximum absolute atomic E-state index is 12.2. The van der Waals surface area contributed by atoms with Crippen molar-refractivity contribution in [2.45, 2.75) is 26.9 Å². The van der Waals surface area contributed by atoms with E-state index in [0.29, 0.717) is 5.75 Å². The predicted octanol–water partition coefficient (Wildman–Crippen LogP) is 3.71. The van der Waals surface area contributed by atoms with Gasteiger partial charge in [-0.3, -0.25) is 4.79 Å². The third-order valence-electron chi connectivity index (χ3n) is 3.44. The van der Waals surface area contributed by atoms with Gasteiger partial charge >= 0.3 is 0 Å². The molecule has 3 nitrogen and oxygen atoms in total. The number of rotatable bonds is 5. The van der Waals surface area contributed by atoms with Crippen LogP contribution in [0.2, 0.25) is 0 Å². The summed E-state index contributed by atoms with van der Waals surface area (Å²) in [5.74, 6) is 0.471. The van der Waals surface area contributed by atoms with Gasteiger partial charge < -0.3 is 9.84 Å². The fourth-order valence-corrected chi connectivity index (χ4v) is 2.18. The van der Waals surface area contributed by atoms with Gasteiger partial charge in [0.25, 0.3) is 0 Å². The van der Waals surface area contributed by atoms with E-state index in [1.54, 1.807) is 0 Å². The summed E-state index contributed by atoms with van der Waals surface area (Å²) in [4.78, 5) is 12.2. The van der Waals surface area contributed by atoms with Crippen molar-refractivity contribution in [2.75, 3.05) is 6.61 Å². The van der Waals surface area contributed by atoms with Crippen molar-refractivity contribution in [1.29, 1.82) is 0 Å². The number of aliphatic hydroxyl groups excluding tert-OH is 1. The van der Waals surface area contributed by atoms with Gasteiger partial charge in [0.15, 0.2) is 11.9 Å². The lowest BCUT2D eigenvalue weighted by Crippen LogP contribution is -2.39. The van der Waals surface area contributed by atoms with Crippen LogP contribution in [0, 0.1) is 5.41 Å². The van der Waals surface area contributed by atoms with Crippen LogP contribution in [0.15, 0.2) is 54.6 Å². The van der Waals surface area contributed by atoms with Gasteiger partial charge in [0.1, 0.15) is 5.75 Å². The first kappa shape index (κ1) is 16.2. The average molecular weight is 298 g/mol. The molecular weight excluding hydrogens is 276 g/mol. The first-order valence-electron chi connectivity index (χ1n) is 7.39. The number of carbonyl (C=O) groups excluding carboxylic acids is 1. The topological polar surface area (TPSA) is 46.5 Å². The first-order chi connectivity index (χ1) is 10.4. The van der Waals surface area contributed by atoms with Gasteiger partial charge in [0.2, 0.25) is 0 Å². The fraction of sp³-hybridized carbons (Fsp3) is 0.316. The summed E-state index contributed by atoms with van der Waals surface area (Å²) in [6, 6.07) is 17.6. The Labute approximate surface area is 131 Å². The molecule has 2 aromatic carbocycles. The maximum Gasteiger partial charge on any atom is 0.180 e. The van der Waals surface area contributed by atoms with Crippen molar-refractivity contribution in [1.82, 2.24) is 0 Å². The second kappa shape index (κ2) is 6.75. The summed E-state index contributed by atoms with van der Waals surface area (Å²) < 4.78 is 5.64. The number of ether oxygens (including phenoxy) is 1. The Kier molecular flexibility index (Phi) is 4.99. The highest BCUT2D eigenvalue weighted by Gasteiger charge is 2.30. The summed E-state index contributed by atoms with van der Waals surface area (Å²) in [6.45, 7) is 5.14. The Morgan fingerprint density at radius 1 is 1.00 bits per heavy atom. The van der Waals surface area contributed by atoms with Crippen LogP contribution in [-0.2, 0) is 4.79 Å². The maximum atomic E-state index is 12.2. The summed E-state index contributed by atoms with van der Waals surface area (Å²) in [6.07, 6.45) is -0.831. The van der Waals surface area contributed by atoms with Crippen molar-refractivity contribution in [3.8, 4) is 16.9 Å². The Bertz CT molecular complexity index is 609. The molecule has 0 aliphatic carbocycles. The van der Waals surface area contributed by atoms with Crippen LogP contribution in [0.25, 0.3) is 11.1 Å². The van der Waals surface area contributed by atoms with Crippen LogP contribution in [-0.4, -0.2) is 23.6 Å². The third-order valence-corrected chi connectivity index (χ3v) is 3.44. The van der Waals surface area contributed by atoms with E-state index in [-0.39, 0.29) is 12.4 Å². The highest BCUT2D eigenvalue weighted by Crippen LogP contribution is 2.24. The summed E-state index contributed by atoms with van der Waals surface area (Å²) >= 11 is 0. The monoisotopic (exact) mass is 298 g/mol. The molecule has 3 heteroatoms. The standard InChI is InChI=1S/C19H22O3/c1-19(2,3)18(21)17(13-20)22-16-11-9-15(10-12-16)14-7-5-4-6-8-14/h4-12,17,20H,13H2,1-3H3. The molecule has 0 saturated heterocycles. The lowest BCUT2D eigenvalue weighted by molar-refractivity contribution is -0.135. The minimum atomic E-state index is -0.831. The van der Waals surface area contributed by atoms with Crippen molar-refractivity contribution in [3.63, 3.8) is 0 Å². The van der Waals surface area contributed by atoms with Gasteiger partial charge in [0, 0.05) is 5.41 Å². The van der Waals surface area contributed by atoms with Gasteiger partial charge in [-0.2, -0.15) is 0 Å². The van der Waals surface area contributed by atoms with E-state index < -0.39 is 11.5 Å². The van der Waals surface area contributed by atoms with Crippen LogP contribution in [0.5, 0.6) is 5.75 Å². The highest BCUT2D eigenvalue weighted by molar-refractivity contribution is 5.88. The van der Waals surface area contributed by atoms with Gasteiger partial charge in [0.05, 0.1) is 6.61 Å². The number of carbonyl (C=O) groups is 1. The highest BCUT2D eigenvalue weighted by atomic mass is 16.5. The molecule has 22 heavy (non-hydrogen) atoms. The number of aliphatic hydroxyl groups is 1. The first-order valence-corrected chi connectivity index (χ1v) is 7.39. The van der Waals surface area contributed by atoms with Gasteiger partial charge in [-0.05, 0) is 23.3 Å².